The van der Waals surface area contributed by atoms with E-state index in [0.717, 1.165) is 37.8 Å². The number of nitrogens with two attached hydrogens (primary N) is 1. The number of hydrogen-bond acceptors (Lipinski definition) is 2. The van der Waals surface area contributed by atoms with Crippen LogP contribution in [0.25, 0.3) is 0 Å². The van der Waals surface area contributed by atoms with Gasteiger partial charge >= 0.3 is 0 Å². The van der Waals surface area contributed by atoms with Crippen molar-refractivity contribution in [3.05, 3.63) is 30.0 Å². The summed E-state index contributed by atoms with van der Waals surface area (Å²) in [5, 5.41) is 11.1. The van der Waals surface area contributed by atoms with Gasteiger partial charge in [0.25, 0.3) is 0 Å². The summed E-state index contributed by atoms with van der Waals surface area (Å²) in [4.78, 5) is 0. The van der Waals surface area contributed by atoms with Crippen LogP contribution in [0.15, 0.2) is 35.1 Å². The summed E-state index contributed by atoms with van der Waals surface area (Å²) in [6, 6.07) is 0. The third-order valence-corrected chi connectivity index (χ3v) is 3.03. The van der Waals surface area contributed by atoms with Gasteiger partial charge in [-0.3, -0.25) is 5.41 Å². The molecule has 98 valence electrons. The van der Waals surface area contributed by atoms with Crippen LogP contribution in [0.4, 0.5) is 0 Å². The molecule has 0 aromatic rings. The molecule has 0 fully saturated rings. The minimum atomic E-state index is -0.119. The van der Waals surface area contributed by atoms with Gasteiger partial charge in [0.2, 0.25) is 5.96 Å². The van der Waals surface area contributed by atoms with E-state index in [9.17, 15) is 0 Å². The first-order valence-electron chi connectivity index (χ1n) is 6.31. The highest BCUT2D eigenvalue weighted by molar-refractivity contribution is 5.84. The summed E-state index contributed by atoms with van der Waals surface area (Å²) in [6.45, 7) is 5.77. The molecule has 4 N–H and O–H groups in total. The average Bonchev–Trinajstić information content (AvgIpc) is 2.31. The van der Waals surface area contributed by atoms with E-state index in [1.807, 2.05) is 13.0 Å². The van der Waals surface area contributed by atoms with Crippen molar-refractivity contribution >= 4 is 11.7 Å². The maximum absolute atomic E-state index is 7.05. The number of hydrogen-bond donors (Lipinski definition) is 3. The topological polar surface area (TPSA) is 74.3 Å². The smallest absolute Gasteiger partial charge is 0.206 e. The number of nitrogens with one attached hydrogen (secondary N) is 2. The maximum Gasteiger partial charge on any atom is 0.206 e. The minimum absolute atomic E-state index is 0.119. The lowest BCUT2D eigenvalue weighted by Crippen LogP contribution is -2.26. The number of allylic oxidation sites excluding steroid dienone is 2. The number of hydrazone groups is 1. The van der Waals surface area contributed by atoms with Crippen LogP contribution in [0.2, 0.25) is 0 Å². The summed E-state index contributed by atoms with van der Waals surface area (Å²) >= 11 is 0. The van der Waals surface area contributed by atoms with E-state index in [0.29, 0.717) is 5.92 Å². The highest BCUT2D eigenvalue weighted by atomic mass is 15.3. The monoisotopic (exact) mass is 246 g/mol. The first kappa shape index (κ1) is 14.3. The van der Waals surface area contributed by atoms with Crippen LogP contribution in [-0.4, -0.2) is 11.7 Å². The molecule has 0 aliphatic heterocycles. The summed E-state index contributed by atoms with van der Waals surface area (Å²) in [7, 11) is 0. The first-order chi connectivity index (χ1) is 8.61. The molecule has 4 heteroatoms. The average molecular weight is 246 g/mol. The van der Waals surface area contributed by atoms with Crippen molar-refractivity contribution in [2.45, 2.75) is 39.0 Å². The van der Waals surface area contributed by atoms with E-state index in [1.54, 1.807) is 0 Å². The first-order valence-corrected chi connectivity index (χ1v) is 6.31. The van der Waals surface area contributed by atoms with Crippen molar-refractivity contribution in [2.24, 2.45) is 16.8 Å². The van der Waals surface area contributed by atoms with E-state index in [2.05, 4.69) is 28.9 Å². The lowest BCUT2D eigenvalue weighted by Gasteiger charge is -2.17. The van der Waals surface area contributed by atoms with Crippen LogP contribution < -0.4 is 11.2 Å². The van der Waals surface area contributed by atoms with Crippen molar-refractivity contribution in [3.8, 4) is 0 Å². The Bertz CT molecular complexity index is 400. The Hall–Kier alpha value is -1.80. The molecule has 0 saturated heterocycles. The van der Waals surface area contributed by atoms with E-state index in [4.69, 9.17) is 11.1 Å². The van der Waals surface area contributed by atoms with E-state index < -0.39 is 0 Å². The molecule has 1 atom stereocenters. The molecule has 0 bridgehead atoms. The SMILES string of the molecule is C=CC1=C=CCCC(C/C(C)=N\NC(=N)N)CC1. The molecule has 1 aliphatic rings. The van der Waals surface area contributed by atoms with Crippen LogP contribution in [0.1, 0.15) is 39.0 Å². The van der Waals surface area contributed by atoms with Gasteiger partial charge in [0.15, 0.2) is 0 Å². The van der Waals surface area contributed by atoms with Gasteiger partial charge in [-0.15, -0.1) is 5.73 Å². The van der Waals surface area contributed by atoms with Crippen LogP contribution in [0.5, 0.6) is 0 Å². The molecular weight excluding hydrogens is 224 g/mol. The summed E-state index contributed by atoms with van der Waals surface area (Å²) in [5.74, 6) is 0.502. The normalized spacial score (nSPS) is 20.6. The zero-order valence-electron chi connectivity index (χ0n) is 11.0. The lowest BCUT2D eigenvalue weighted by molar-refractivity contribution is 0.467. The van der Waals surface area contributed by atoms with E-state index in [1.165, 1.54) is 5.57 Å². The van der Waals surface area contributed by atoms with Gasteiger partial charge in [0.1, 0.15) is 0 Å². The number of guanidine groups is 1. The van der Waals surface area contributed by atoms with Gasteiger partial charge in [-0.1, -0.05) is 12.7 Å². The fourth-order valence-electron chi connectivity index (χ4n) is 2.08. The quantitative estimate of drug-likeness (QED) is 0.309. The second-order valence-corrected chi connectivity index (χ2v) is 4.64. The van der Waals surface area contributed by atoms with Crippen molar-refractivity contribution in [1.29, 1.82) is 5.41 Å². The molecule has 18 heavy (non-hydrogen) atoms. The molecule has 4 nitrogen and oxygen atoms in total. The molecule has 0 heterocycles. The van der Waals surface area contributed by atoms with Crippen molar-refractivity contribution in [2.75, 3.05) is 0 Å². The Kier molecular flexibility index (Phi) is 5.95. The Morgan fingerprint density at radius 2 is 2.50 bits per heavy atom. The van der Waals surface area contributed by atoms with Gasteiger partial charge in [-0.2, -0.15) is 5.10 Å². The minimum Gasteiger partial charge on any atom is -0.369 e. The fourth-order valence-corrected chi connectivity index (χ4v) is 2.08. The molecule has 1 unspecified atom stereocenters. The number of nitrogens with zero attached hydrogens (tertiary/aromatic N) is 1. The highest BCUT2D eigenvalue weighted by Gasteiger charge is 2.11. The molecule has 1 aliphatic carbocycles. The molecule has 0 radical (unpaired) electrons. The summed E-state index contributed by atoms with van der Waals surface area (Å²) in [5.41, 5.74) is 13.1. The lowest BCUT2D eigenvalue weighted by atomic mass is 9.89. The van der Waals surface area contributed by atoms with E-state index in [-0.39, 0.29) is 5.96 Å². The molecule has 0 saturated carbocycles. The van der Waals surface area contributed by atoms with Crippen LogP contribution in [0.3, 0.4) is 0 Å². The fraction of sp³-hybridized carbons (Fsp3) is 0.500. The summed E-state index contributed by atoms with van der Waals surface area (Å²) in [6.07, 6.45) is 9.30. The zero-order chi connectivity index (χ0) is 13.4. The molecule has 1 rings (SSSR count). The molecule has 0 amide bonds. The molecule has 0 aromatic carbocycles. The molecular formula is C14H22N4. The van der Waals surface area contributed by atoms with Gasteiger partial charge in [-0.25, -0.2) is 5.43 Å². The maximum atomic E-state index is 7.05. The van der Waals surface area contributed by atoms with Crippen molar-refractivity contribution in [3.63, 3.8) is 0 Å². The predicted molar refractivity (Wildman–Crippen MR) is 76.5 cm³/mol. The predicted octanol–water partition coefficient (Wildman–Crippen LogP) is 2.69. The second kappa shape index (κ2) is 7.51. The standard InChI is InChI=1S/C14H22N4/c1-3-12-6-4-5-7-13(9-8-12)10-11(2)17-18-14(15)16/h3-4,13H,1,5,7-10H2,2H3,(H4,15,16,18)/b17-11-. The Balaban J connectivity index is 2.49. The van der Waals surface area contributed by atoms with E-state index >= 15 is 0 Å². The Morgan fingerprint density at radius 1 is 1.72 bits per heavy atom. The largest absolute Gasteiger partial charge is 0.369 e. The van der Waals surface area contributed by atoms with Crippen LogP contribution in [-0.2, 0) is 0 Å². The third kappa shape index (κ3) is 5.51. The van der Waals surface area contributed by atoms with Gasteiger partial charge in [0, 0.05) is 5.71 Å². The van der Waals surface area contributed by atoms with Crippen molar-refractivity contribution in [1.82, 2.24) is 5.43 Å². The van der Waals surface area contributed by atoms with Crippen molar-refractivity contribution < 1.29 is 0 Å². The zero-order valence-corrected chi connectivity index (χ0v) is 11.0. The molecule has 0 aromatic heterocycles. The van der Waals surface area contributed by atoms with Crippen LogP contribution >= 0.6 is 0 Å². The number of rotatable bonds is 4. The molecule has 0 spiro atoms. The Labute approximate surface area is 109 Å². The van der Waals surface area contributed by atoms with Gasteiger partial charge < -0.3 is 5.73 Å². The Morgan fingerprint density at radius 3 is 3.17 bits per heavy atom. The third-order valence-electron chi connectivity index (χ3n) is 3.03. The van der Waals surface area contributed by atoms with Crippen LogP contribution in [0, 0.1) is 11.3 Å². The highest BCUT2D eigenvalue weighted by Crippen LogP contribution is 2.23. The van der Waals surface area contributed by atoms with Gasteiger partial charge in [-0.05, 0) is 56.6 Å². The van der Waals surface area contributed by atoms with Gasteiger partial charge in [0.05, 0.1) is 0 Å². The summed E-state index contributed by atoms with van der Waals surface area (Å²) < 4.78 is 0. The second-order valence-electron chi connectivity index (χ2n) is 4.64.